The number of hydrogen-bond donors (Lipinski definition) is 1. The van der Waals surface area contributed by atoms with Crippen molar-refractivity contribution in [1.82, 2.24) is 5.32 Å². The number of likely N-dealkylation sites (N-methyl/N-ethyl adjacent to an activating group) is 1. The van der Waals surface area contributed by atoms with E-state index in [1.165, 1.54) is 49.8 Å². The topological polar surface area (TPSA) is 15.3 Å². The molecule has 1 N–H and O–H groups in total. The molecule has 2 heteroatoms. The molecule has 1 aliphatic rings. The number of rotatable bonds is 4. The predicted molar refractivity (Wildman–Crippen MR) is 88.4 cm³/mol. The highest BCUT2D eigenvalue weighted by atomic mass is 15.1. The van der Waals surface area contributed by atoms with Crippen molar-refractivity contribution in [3.8, 4) is 0 Å². The smallest absolute Gasteiger partial charge is 0.0533 e. The molecule has 1 aliphatic carbocycles. The van der Waals surface area contributed by atoms with Gasteiger partial charge in [0, 0.05) is 19.8 Å². The van der Waals surface area contributed by atoms with Gasteiger partial charge in [-0.05, 0) is 50.4 Å². The largest absolute Gasteiger partial charge is 0.378 e. The molecule has 2 nitrogen and oxygen atoms in total. The average Bonchev–Trinajstić information content (AvgIpc) is 2.42. The Labute approximate surface area is 123 Å². The van der Waals surface area contributed by atoms with E-state index in [1.807, 2.05) is 0 Å². The van der Waals surface area contributed by atoms with E-state index in [9.17, 15) is 0 Å². The summed E-state index contributed by atoms with van der Waals surface area (Å²) in [4.78, 5) is 2.15. The number of hydrogen-bond acceptors (Lipinski definition) is 2. The number of nitrogens with zero attached hydrogens (tertiary/aromatic N) is 1. The van der Waals surface area contributed by atoms with Gasteiger partial charge in [0.15, 0.2) is 0 Å². The summed E-state index contributed by atoms with van der Waals surface area (Å²) in [7, 11) is 6.24. The van der Waals surface area contributed by atoms with E-state index in [0.717, 1.165) is 0 Å². The normalized spacial score (nSPS) is 20.4. The first-order valence-electron chi connectivity index (χ1n) is 7.86. The summed E-state index contributed by atoms with van der Waals surface area (Å²) in [6.45, 7) is 0. The SMILES string of the molecule is CNC(/C1=C/CCCCCC1)c1ccc(N(C)C)cc1. The highest BCUT2D eigenvalue weighted by Gasteiger charge is 2.15. The minimum Gasteiger partial charge on any atom is -0.378 e. The molecule has 0 spiro atoms. The molecule has 0 aliphatic heterocycles. The lowest BCUT2D eigenvalue weighted by Crippen LogP contribution is -2.19. The van der Waals surface area contributed by atoms with Crippen LogP contribution in [-0.2, 0) is 0 Å². The third kappa shape index (κ3) is 3.86. The minimum atomic E-state index is 0.379. The number of benzene rings is 1. The summed E-state index contributed by atoms with van der Waals surface area (Å²) < 4.78 is 0. The molecule has 110 valence electrons. The predicted octanol–water partition coefficient (Wildman–Crippen LogP) is 4.29. The second kappa shape index (κ2) is 7.49. The van der Waals surface area contributed by atoms with Crippen LogP contribution in [0.25, 0.3) is 0 Å². The Morgan fingerprint density at radius 3 is 2.35 bits per heavy atom. The van der Waals surface area contributed by atoms with Gasteiger partial charge in [-0.3, -0.25) is 0 Å². The Hall–Kier alpha value is -1.28. The van der Waals surface area contributed by atoms with Crippen molar-refractivity contribution in [3.63, 3.8) is 0 Å². The van der Waals surface area contributed by atoms with Crippen molar-refractivity contribution in [2.24, 2.45) is 0 Å². The summed E-state index contributed by atoms with van der Waals surface area (Å²) in [6, 6.07) is 9.32. The van der Waals surface area contributed by atoms with Crippen LogP contribution in [-0.4, -0.2) is 21.1 Å². The van der Waals surface area contributed by atoms with Gasteiger partial charge in [-0.15, -0.1) is 0 Å². The fourth-order valence-corrected chi connectivity index (χ4v) is 3.01. The minimum absolute atomic E-state index is 0.379. The molecule has 20 heavy (non-hydrogen) atoms. The van der Waals surface area contributed by atoms with Crippen molar-refractivity contribution in [3.05, 3.63) is 41.5 Å². The van der Waals surface area contributed by atoms with Crippen molar-refractivity contribution < 1.29 is 0 Å². The molecule has 0 saturated carbocycles. The summed E-state index contributed by atoms with van der Waals surface area (Å²) in [5, 5.41) is 3.50. The van der Waals surface area contributed by atoms with Gasteiger partial charge in [-0.25, -0.2) is 0 Å². The molecule has 0 saturated heterocycles. The lowest BCUT2D eigenvalue weighted by atomic mass is 9.91. The van der Waals surface area contributed by atoms with E-state index in [-0.39, 0.29) is 0 Å². The van der Waals surface area contributed by atoms with Gasteiger partial charge in [0.25, 0.3) is 0 Å². The Balaban J connectivity index is 2.17. The Morgan fingerprint density at radius 1 is 1.00 bits per heavy atom. The number of anilines is 1. The molecule has 0 heterocycles. The van der Waals surface area contributed by atoms with Gasteiger partial charge in [0.2, 0.25) is 0 Å². The average molecular weight is 272 g/mol. The van der Waals surface area contributed by atoms with Gasteiger partial charge in [-0.1, -0.05) is 36.6 Å². The summed E-state index contributed by atoms with van der Waals surface area (Å²) in [5.41, 5.74) is 4.21. The second-order valence-electron chi connectivity index (χ2n) is 5.94. The van der Waals surface area contributed by atoms with Gasteiger partial charge in [0.1, 0.15) is 0 Å². The Kier molecular flexibility index (Phi) is 5.66. The van der Waals surface area contributed by atoms with E-state index in [4.69, 9.17) is 0 Å². The molecule has 1 atom stereocenters. The monoisotopic (exact) mass is 272 g/mol. The fraction of sp³-hybridized carbons (Fsp3) is 0.556. The molecule has 0 bridgehead atoms. The van der Waals surface area contributed by atoms with Crippen LogP contribution in [0.15, 0.2) is 35.9 Å². The molecular weight excluding hydrogens is 244 g/mol. The summed E-state index contributed by atoms with van der Waals surface area (Å²) in [6.07, 6.45) is 10.4. The van der Waals surface area contributed by atoms with E-state index >= 15 is 0 Å². The molecule has 1 aromatic carbocycles. The fourth-order valence-electron chi connectivity index (χ4n) is 3.01. The van der Waals surface area contributed by atoms with Crippen LogP contribution in [0.1, 0.15) is 50.1 Å². The van der Waals surface area contributed by atoms with Crippen molar-refractivity contribution >= 4 is 5.69 Å². The molecule has 0 radical (unpaired) electrons. The molecule has 1 aromatic rings. The highest BCUT2D eigenvalue weighted by Crippen LogP contribution is 2.29. The maximum atomic E-state index is 3.50. The first kappa shape index (κ1) is 15.1. The third-order valence-corrected chi connectivity index (χ3v) is 4.23. The van der Waals surface area contributed by atoms with Gasteiger partial charge < -0.3 is 10.2 Å². The third-order valence-electron chi connectivity index (χ3n) is 4.23. The van der Waals surface area contributed by atoms with E-state index in [0.29, 0.717) is 6.04 Å². The zero-order valence-electron chi connectivity index (χ0n) is 13.2. The van der Waals surface area contributed by atoms with E-state index < -0.39 is 0 Å². The van der Waals surface area contributed by atoms with Crippen molar-refractivity contribution in [2.45, 2.75) is 44.6 Å². The standard InChI is InChI=1S/C18H28N2/c1-19-18(15-9-7-5-4-6-8-10-15)16-11-13-17(14-12-16)20(2)3/h9,11-14,18-19H,4-8,10H2,1-3H3/b15-9+. The molecular formula is C18H28N2. The van der Waals surface area contributed by atoms with Crippen molar-refractivity contribution in [1.29, 1.82) is 0 Å². The van der Waals surface area contributed by atoms with Crippen LogP contribution in [0.4, 0.5) is 5.69 Å². The first-order chi connectivity index (χ1) is 9.72. The number of nitrogens with one attached hydrogen (secondary N) is 1. The molecule has 0 aromatic heterocycles. The maximum absolute atomic E-state index is 3.50. The van der Waals surface area contributed by atoms with Gasteiger partial charge in [-0.2, -0.15) is 0 Å². The van der Waals surface area contributed by atoms with Crippen LogP contribution in [0.5, 0.6) is 0 Å². The van der Waals surface area contributed by atoms with Crippen LogP contribution in [0.3, 0.4) is 0 Å². The Bertz CT molecular complexity index is 431. The second-order valence-corrected chi connectivity index (χ2v) is 5.94. The lowest BCUT2D eigenvalue weighted by Gasteiger charge is -2.23. The zero-order valence-corrected chi connectivity index (χ0v) is 13.2. The summed E-state index contributed by atoms with van der Waals surface area (Å²) >= 11 is 0. The van der Waals surface area contributed by atoms with E-state index in [2.05, 4.69) is 61.7 Å². The number of allylic oxidation sites excluding steroid dienone is 1. The molecule has 0 fully saturated rings. The van der Waals surface area contributed by atoms with Crippen LogP contribution in [0, 0.1) is 0 Å². The summed E-state index contributed by atoms with van der Waals surface area (Å²) in [5.74, 6) is 0. The van der Waals surface area contributed by atoms with Crippen LogP contribution >= 0.6 is 0 Å². The van der Waals surface area contributed by atoms with Crippen molar-refractivity contribution in [2.75, 3.05) is 26.0 Å². The maximum Gasteiger partial charge on any atom is 0.0533 e. The zero-order chi connectivity index (χ0) is 14.4. The first-order valence-corrected chi connectivity index (χ1v) is 7.86. The van der Waals surface area contributed by atoms with Gasteiger partial charge >= 0.3 is 0 Å². The Morgan fingerprint density at radius 2 is 1.70 bits per heavy atom. The van der Waals surface area contributed by atoms with Crippen LogP contribution in [0.2, 0.25) is 0 Å². The molecule has 2 rings (SSSR count). The van der Waals surface area contributed by atoms with Crippen LogP contribution < -0.4 is 10.2 Å². The molecule has 0 amide bonds. The molecule has 1 unspecified atom stereocenters. The van der Waals surface area contributed by atoms with Gasteiger partial charge in [0.05, 0.1) is 6.04 Å². The quantitative estimate of drug-likeness (QED) is 0.822. The van der Waals surface area contributed by atoms with E-state index in [1.54, 1.807) is 5.57 Å². The highest BCUT2D eigenvalue weighted by molar-refractivity contribution is 5.47. The lowest BCUT2D eigenvalue weighted by molar-refractivity contribution is 0.574.